The lowest BCUT2D eigenvalue weighted by atomic mass is 9.84. The molecule has 1 aromatic rings. The summed E-state index contributed by atoms with van der Waals surface area (Å²) >= 11 is 0. The Morgan fingerprint density at radius 3 is 2.33 bits per heavy atom. The van der Waals surface area contributed by atoms with E-state index in [4.69, 9.17) is 4.99 Å². The Bertz CT molecular complexity index is 783. The van der Waals surface area contributed by atoms with Gasteiger partial charge in [-0.25, -0.2) is 0 Å². The highest BCUT2D eigenvalue weighted by atomic mass is 127. The summed E-state index contributed by atoms with van der Waals surface area (Å²) in [6.07, 6.45) is 3.42. The second-order valence-electron chi connectivity index (χ2n) is 9.34. The van der Waals surface area contributed by atoms with Crippen molar-refractivity contribution in [1.82, 2.24) is 20.0 Å². The number of nitrogens with one attached hydrogen (secondary N) is 1. The van der Waals surface area contributed by atoms with Gasteiger partial charge < -0.3 is 20.0 Å². The van der Waals surface area contributed by atoms with Gasteiger partial charge in [-0.05, 0) is 44.4 Å². The first-order chi connectivity index (χ1) is 15.6. The quantitative estimate of drug-likeness (QED) is 0.325. The van der Waals surface area contributed by atoms with Crippen LogP contribution in [0.4, 0.5) is 5.69 Å². The number of piperazine rings is 2. The number of rotatable bonds is 6. The second-order valence-corrected chi connectivity index (χ2v) is 9.34. The first-order valence-corrected chi connectivity index (χ1v) is 12.5. The van der Waals surface area contributed by atoms with Crippen LogP contribution in [0.25, 0.3) is 0 Å². The van der Waals surface area contributed by atoms with Crippen LogP contribution in [0.15, 0.2) is 29.3 Å². The molecule has 1 saturated carbocycles. The van der Waals surface area contributed by atoms with Crippen LogP contribution in [-0.4, -0.2) is 98.6 Å². The standard InChI is InChI=1S/C25H40N6O.HI/c1-3-26-25(31-18-16-29(17-19-31)23-9-4-6-21(2)20-23)27-10-11-28-12-14-30(15-13-28)24(32)22-7-5-8-22;/h4,6,9,20,22H,3,5,7-8,10-19H2,1-2H3,(H,26,27);1H. The smallest absolute Gasteiger partial charge is 0.225 e. The third kappa shape index (κ3) is 6.97. The van der Waals surface area contributed by atoms with Gasteiger partial charge >= 0.3 is 0 Å². The molecule has 0 atom stereocenters. The molecule has 4 rings (SSSR count). The van der Waals surface area contributed by atoms with Crippen molar-refractivity contribution in [2.24, 2.45) is 10.9 Å². The van der Waals surface area contributed by atoms with Gasteiger partial charge in [-0.3, -0.25) is 14.7 Å². The highest BCUT2D eigenvalue weighted by Gasteiger charge is 2.31. The monoisotopic (exact) mass is 568 g/mol. The number of guanidine groups is 1. The van der Waals surface area contributed by atoms with Gasteiger partial charge in [-0.1, -0.05) is 18.6 Å². The summed E-state index contributed by atoms with van der Waals surface area (Å²) in [5.41, 5.74) is 2.63. The maximum atomic E-state index is 12.4. The van der Waals surface area contributed by atoms with Crippen molar-refractivity contribution in [1.29, 1.82) is 0 Å². The number of anilines is 1. The lowest BCUT2D eigenvalue weighted by Crippen LogP contribution is -2.53. The summed E-state index contributed by atoms with van der Waals surface area (Å²) in [6, 6.07) is 8.78. The average molecular weight is 569 g/mol. The molecule has 0 spiro atoms. The fourth-order valence-corrected chi connectivity index (χ4v) is 4.83. The minimum atomic E-state index is 0. The van der Waals surface area contributed by atoms with Crippen molar-refractivity contribution in [3.05, 3.63) is 29.8 Å². The van der Waals surface area contributed by atoms with Gasteiger partial charge in [0.2, 0.25) is 5.91 Å². The summed E-state index contributed by atoms with van der Waals surface area (Å²) in [5, 5.41) is 3.49. The van der Waals surface area contributed by atoms with Gasteiger partial charge in [0.15, 0.2) is 5.96 Å². The van der Waals surface area contributed by atoms with Crippen LogP contribution in [0.3, 0.4) is 0 Å². The fourth-order valence-electron chi connectivity index (χ4n) is 4.83. The zero-order valence-electron chi connectivity index (χ0n) is 20.3. The van der Waals surface area contributed by atoms with E-state index in [1.807, 2.05) is 0 Å². The Morgan fingerprint density at radius 1 is 1.03 bits per heavy atom. The minimum absolute atomic E-state index is 0. The highest BCUT2D eigenvalue weighted by molar-refractivity contribution is 14.0. The molecule has 1 amide bonds. The largest absolute Gasteiger partial charge is 0.368 e. The maximum Gasteiger partial charge on any atom is 0.225 e. The van der Waals surface area contributed by atoms with Crippen LogP contribution < -0.4 is 10.2 Å². The van der Waals surface area contributed by atoms with Crippen molar-refractivity contribution in [2.75, 3.05) is 76.9 Å². The maximum absolute atomic E-state index is 12.4. The van der Waals surface area contributed by atoms with E-state index in [2.05, 4.69) is 63.0 Å². The SMILES string of the molecule is CCNC(=NCCN1CCN(C(=O)C2CCC2)CC1)N1CCN(c2cccc(C)c2)CC1.I. The number of amides is 1. The zero-order chi connectivity index (χ0) is 22.3. The summed E-state index contributed by atoms with van der Waals surface area (Å²) in [6.45, 7) is 14.6. The molecule has 2 saturated heterocycles. The molecule has 1 aliphatic carbocycles. The Balaban J connectivity index is 0.00000306. The number of carbonyl (C=O) groups excluding carboxylic acids is 1. The van der Waals surface area contributed by atoms with Gasteiger partial charge in [-0.2, -0.15) is 0 Å². The molecule has 1 N–H and O–H groups in total. The van der Waals surface area contributed by atoms with Crippen molar-refractivity contribution in [2.45, 2.75) is 33.1 Å². The van der Waals surface area contributed by atoms with Gasteiger partial charge in [-0.15, -0.1) is 24.0 Å². The van der Waals surface area contributed by atoms with Gasteiger partial charge in [0, 0.05) is 77.1 Å². The first kappa shape index (κ1) is 26.1. The molecule has 2 heterocycles. The number of hydrogen-bond acceptors (Lipinski definition) is 4. The van der Waals surface area contributed by atoms with E-state index < -0.39 is 0 Å². The predicted octanol–water partition coefficient (Wildman–Crippen LogP) is 2.64. The minimum Gasteiger partial charge on any atom is -0.368 e. The first-order valence-electron chi connectivity index (χ1n) is 12.5. The van der Waals surface area contributed by atoms with Crippen LogP contribution in [0, 0.1) is 12.8 Å². The van der Waals surface area contributed by atoms with E-state index in [0.717, 1.165) is 90.8 Å². The van der Waals surface area contributed by atoms with Crippen molar-refractivity contribution < 1.29 is 4.79 Å². The summed E-state index contributed by atoms with van der Waals surface area (Å²) in [7, 11) is 0. The number of carbonyl (C=O) groups is 1. The van der Waals surface area contributed by atoms with Crippen molar-refractivity contribution >= 4 is 41.5 Å². The number of nitrogens with zero attached hydrogens (tertiary/aromatic N) is 5. The molecular formula is C25H41IN6O. The third-order valence-corrected chi connectivity index (χ3v) is 7.10. The summed E-state index contributed by atoms with van der Waals surface area (Å²) in [5.74, 6) is 1.75. The Hall–Kier alpha value is -1.55. The number of halogens is 1. The number of benzene rings is 1. The molecule has 7 nitrogen and oxygen atoms in total. The van der Waals surface area contributed by atoms with Gasteiger partial charge in [0.1, 0.15) is 0 Å². The fraction of sp³-hybridized carbons (Fsp3) is 0.680. The van der Waals surface area contributed by atoms with Crippen molar-refractivity contribution in [3.8, 4) is 0 Å². The molecule has 3 aliphatic rings. The molecular weight excluding hydrogens is 527 g/mol. The highest BCUT2D eigenvalue weighted by Crippen LogP contribution is 2.28. The van der Waals surface area contributed by atoms with E-state index in [1.54, 1.807) is 0 Å². The lowest BCUT2D eigenvalue weighted by Gasteiger charge is -2.38. The van der Waals surface area contributed by atoms with Gasteiger partial charge in [0.25, 0.3) is 0 Å². The molecule has 184 valence electrons. The van der Waals surface area contributed by atoms with Gasteiger partial charge in [0.05, 0.1) is 6.54 Å². The Morgan fingerprint density at radius 2 is 1.73 bits per heavy atom. The van der Waals surface area contributed by atoms with Crippen LogP contribution in [0.2, 0.25) is 0 Å². The molecule has 2 aliphatic heterocycles. The lowest BCUT2D eigenvalue weighted by molar-refractivity contribution is -0.139. The molecule has 3 fully saturated rings. The molecule has 0 bridgehead atoms. The normalized spacial score (nSPS) is 20.3. The van der Waals surface area contributed by atoms with Crippen molar-refractivity contribution in [3.63, 3.8) is 0 Å². The molecule has 0 radical (unpaired) electrons. The Labute approximate surface area is 216 Å². The number of hydrogen-bond donors (Lipinski definition) is 1. The van der Waals surface area contributed by atoms with E-state index in [1.165, 1.54) is 17.7 Å². The molecule has 0 aromatic heterocycles. The van der Waals surface area contributed by atoms with Crippen LogP contribution >= 0.6 is 24.0 Å². The molecule has 8 heteroatoms. The van der Waals surface area contributed by atoms with Crippen LogP contribution in [-0.2, 0) is 4.79 Å². The van der Waals surface area contributed by atoms with E-state index in [9.17, 15) is 4.79 Å². The zero-order valence-corrected chi connectivity index (χ0v) is 22.7. The average Bonchev–Trinajstić information content (AvgIpc) is 2.78. The summed E-state index contributed by atoms with van der Waals surface area (Å²) < 4.78 is 0. The molecule has 0 unspecified atom stereocenters. The number of aryl methyl sites for hydroxylation is 1. The van der Waals surface area contributed by atoms with Crippen LogP contribution in [0.5, 0.6) is 0 Å². The Kier molecular flexibility index (Phi) is 10.1. The van der Waals surface area contributed by atoms with E-state index in [-0.39, 0.29) is 24.0 Å². The third-order valence-electron chi connectivity index (χ3n) is 7.10. The molecule has 1 aromatic carbocycles. The van der Waals surface area contributed by atoms with E-state index >= 15 is 0 Å². The van der Waals surface area contributed by atoms with Crippen LogP contribution in [0.1, 0.15) is 31.7 Å². The van der Waals surface area contributed by atoms with E-state index in [0.29, 0.717) is 11.8 Å². The second kappa shape index (κ2) is 12.8. The molecule has 33 heavy (non-hydrogen) atoms. The summed E-state index contributed by atoms with van der Waals surface area (Å²) in [4.78, 5) is 26.8. The number of aliphatic imine (C=N–C) groups is 1. The predicted molar refractivity (Wildman–Crippen MR) is 147 cm³/mol. The topological polar surface area (TPSA) is 54.4 Å².